The van der Waals surface area contributed by atoms with Crippen LogP contribution in [0, 0.1) is 5.82 Å². The molecule has 0 aliphatic rings. The second-order valence-corrected chi connectivity index (χ2v) is 6.14. The van der Waals surface area contributed by atoms with Crippen molar-refractivity contribution >= 4 is 31.9 Å². The minimum atomic E-state index is -0.263. The molecule has 106 valence electrons. The summed E-state index contributed by atoms with van der Waals surface area (Å²) < 4.78 is 21.2. The van der Waals surface area contributed by atoms with Gasteiger partial charge in [-0.1, -0.05) is 31.9 Å². The van der Waals surface area contributed by atoms with Crippen LogP contribution in [0.25, 0.3) is 0 Å². The van der Waals surface area contributed by atoms with Gasteiger partial charge in [0.1, 0.15) is 18.2 Å². The Hall–Kier alpha value is -0.910. The Kier molecular flexibility index (Phi) is 5.57. The molecule has 0 aromatic heterocycles. The van der Waals surface area contributed by atoms with Gasteiger partial charge in [-0.2, -0.15) is 0 Å². The molecular weight excluding hydrogens is 389 g/mol. The average molecular weight is 403 g/mol. The van der Waals surface area contributed by atoms with E-state index in [2.05, 4.69) is 37.2 Å². The lowest BCUT2D eigenvalue weighted by atomic mass is 10.2. The number of ether oxygens (including phenoxy) is 1. The van der Waals surface area contributed by atoms with Gasteiger partial charge in [0.15, 0.2) is 0 Å². The Morgan fingerprint density at radius 2 is 1.70 bits per heavy atom. The van der Waals surface area contributed by atoms with E-state index >= 15 is 0 Å². The van der Waals surface area contributed by atoms with Gasteiger partial charge in [-0.15, -0.1) is 0 Å². The molecule has 2 aromatic rings. The summed E-state index contributed by atoms with van der Waals surface area (Å²) in [5.74, 6) is 0.488. The summed E-state index contributed by atoms with van der Waals surface area (Å²) in [6.07, 6.45) is 0. The fourth-order valence-electron chi connectivity index (χ4n) is 1.83. The standard InChI is InChI=1S/C15H14Br2FNO/c1-19-8-10-6-13(17)3-5-15(10)20-9-11-7-12(16)2-4-14(11)18/h2-7,19H,8-9H2,1H3. The first-order valence-electron chi connectivity index (χ1n) is 6.10. The first kappa shape index (κ1) is 15.5. The predicted octanol–water partition coefficient (Wildman–Crippen LogP) is 4.65. The number of hydrogen-bond donors (Lipinski definition) is 1. The van der Waals surface area contributed by atoms with Crippen LogP contribution in [0.2, 0.25) is 0 Å². The van der Waals surface area contributed by atoms with Crippen molar-refractivity contribution in [2.45, 2.75) is 13.2 Å². The van der Waals surface area contributed by atoms with Crippen molar-refractivity contribution in [3.8, 4) is 5.75 Å². The van der Waals surface area contributed by atoms with Gasteiger partial charge in [0, 0.05) is 26.6 Å². The zero-order valence-electron chi connectivity index (χ0n) is 10.9. The molecule has 0 bridgehead atoms. The van der Waals surface area contributed by atoms with Crippen LogP contribution in [0.1, 0.15) is 11.1 Å². The van der Waals surface area contributed by atoms with Crippen LogP contribution in [-0.4, -0.2) is 7.05 Å². The lowest BCUT2D eigenvalue weighted by molar-refractivity contribution is 0.296. The maximum atomic E-state index is 13.7. The van der Waals surface area contributed by atoms with Crippen molar-refractivity contribution in [3.63, 3.8) is 0 Å². The van der Waals surface area contributed by atoms with Crippen molar-refractivity contribution in [1.29, 1.82) is 0 Å². The zero-order valence-corrected chi connectivity index (χ0v) is 14.1. The summed E-state index contributed by atoms with van der Waals surface area (Å²) in [5.41, 5.74) is 1.55. The minimum absolute atomic E-state index is 0.198. The second-order valence-electron chi connectivity index (χ2n) is 4.31. The third-order valence-corrected chi connectivity index (χ3v) is 3.77. The van der Waals surface area contributed by atoms with E-state index in [1.807, 2.05) is 25.2 Å². The molecule has 0 aliphatic carbocycles. The SMILES string of the molecule is CNCc1cc(Br)ccc1OCc1cc(Br)ccc1F. The molecule has 0 saturated heterocycles. The lowest BCUT2D eigenvalue weighted by Crippen LogP contribution is -2.08. The number of hydrogen-bond acceptors (Lipinski definition) is 2. The molecule has 0 spiro atoms. The summed E-state index contributed by atoms with van der Waals surface area (Å²) in [5, 5.41) is 3.09. The summed E-state index contributed by atoms with van der Waals surface area (Å²) in [4.78, 5) is 0. The van der Waals surface area contributed by atoms with Crippen LogP contribution in [0.4, 0.5) is 4.39 Å². The van der Waals surface area contributed by atoms with Crippen LogP contribution < -0.4 is 10.1 Å². The molecule has 5 heteroatoms. The fourth-order valence-corrected chi connectivity index (χ4v) is 2.64. The number of halogens is 3. The maximum absolute atomic E-state index is 13.7. The van der Waals surface area contributed by atoms with Crippen LogP contribution >= 0.6 is 31.9 Å². The van der Waals surface area contributed by atoms with E-state index in [1.54, 1.807) is 12.1 Å². The van der Waals surface area contributed by atoms with Crippen LogP contribution in [0.3, 0.4) is 0 Å². The first-order chi connectivity index (χ1) is 9.60. The van der Waals surface area contributed by atoms with Gasteiger partial charge in [-0.25, -0.2) is 4.39 Å². The maximum Gasteiger partial charge on any atom is 0.129 e. The van der Waals surface area contributed by atoms with E-state index in [1.165, 1.54) is 6.07 Å². The highest BCUT2D eigenvalue weighted by Gasteiger charge is 2.07. The van der Waals surface area contributed by atoms with Gasteiger partial charge in [0.05, 0.1) is 0 Å². The Labute approximate surface area is 134 Å². The summed E-state index contributed by atoms with van der Waals surface area (Å²) >= 11 is 6.77. The molecule has 0 atom stereocenters. The van der Waals surface area contributed by atoms with Crippen molar-refractivity contribution in [2.75, 3.05) is 7.05 Å². The van der Waals surface area contributed by atoms with Crippen molar-refractivity contribution < 1.29 is 9.13 Å². The summed E-state index contributed by atoms with van der Waals surface area (Å²) in [6, 6.07) is 10.6. The largest absolute Gasteiger partial charge is 0.488 e. The van der Waals surface area contributed by atoms with Crippen LogP contribution in [0.15, 0.2) is 45.3 Å². The van der Waals surface area contributed by atoms with E-state index in [-0.39, 0.29) is 12.4 Å². The number of rotatable bonds is 5. The van der Waals surface area contributed by atoms with E-state index in [9.17, 15) is 4.39 Å². The van der Waals surface area contributed by atoms with E-state index < -0.39 is 0 Å². The molecule has 0 fully saturated rings. The van der Waals surface area contributed by atoms with Gasteiger partial charge in [-0.05, 0) is 43.4 Å². The molecule has 20 heavy (non-hydrogen) atoms. The van der Waals surface area contributed by atoms with Gasteiger partial charge in [-0.3, -0.25) is 0 Å². The quantitative estimate of drug-likeness (QED) is 0.785. The molecule has 0 aliphatic heterocycles. The molecule has 0 radical (unpaired) electrons. The summed E-state index contributed by atoms with van der Waals surface area (Å²) in [7, 11) is 1.87. The lowest BCUT2D eigenvalue weighted by Gasteiger charge is -2.12. The minimum Gasteiger partial charge on any atom is -0.488 e. The van der Waals surface area contributed by atoms with Crippen LogP contribution in [0.5, 0.6) is 5.75 Å². The topological polar surface area (TPSA) is 21.3 Å². The molecule has 0 unspecified atom stereocenters. The monoisotopic (exact) mass is 401 g/mol. The predicted molar refractivity (Wildman–Crippen MR) is 85.3 cm³/mol. The highest BCUT2D eigenvalue weighted by atomic mass is 79.9. The fraction of sp³-hybridized carbons (Fsp3) is 0.200. The Balaban J connectivity index is 2.16. The highest BCUT2D eigenvalue weighted by molar-refractivity contribution is 9.10. The third kappa shape index (κ3) is 4.04. The molecule has 2 aromatic carbocycles. The van der Waals surface area contributed by atoms with Crippen LogP contribution in [-0.2, 0) is 13.2 Å². The van der Waals surface area contributed by atoms with Gasteiger partial charge >= 0.3 is 0 Å². The van der Waals surface area contributed by atoms with Gasteiger partial charge in [0.25, 0.3) is 0 Å². The molecular formula is C15H14Br2FNO. The smallest absolute Gasteiger partial charge is 0.129 e. The van der Waals surface area contributed by atoms with Gasteiger partial charge in [0.2, 0.25) is 0 Å². The van der Waals surface area contributed by atoms with E-state index in [0.717, 1.165) is 20.3 Å². The molecule has 1 N–H and O–H groups in total. The van der Waals surface area contributed by atoms with Crippen molar-refractivity contribution in [2.24, 2.45) is 0 Å². The summed E-state index contributed by atoms with van der Waals surface area (Å²) in [6.45, 7) is 0.888. The molecule has 0 saturated carbocycles. The first-order valence-corrected chi connectivity index (χ1v) is 7.68. The normalized spacial score (nSPS) is 10.6. The number of benzene rings is 2. The number of nitrogens with one attached hydrogen (secondary N) is 1. The van der Waals surface area contributed by atoms with Crippen molar-refractivity contribution in [1.82, 2.24) is 5.32 Å². The van der Waals surface area contributed by atoms with E-state index in [4.69, 9.17) is 4.74 Å². The zero-order chi connectivity index (χ0) is 14.5. The van der Waals surface area contributed by atoms with E-state index in [0.29, 0.717) is 12.1 Å². The third-order valence-electron chi connectivity index (χ3n) is 2.78. The molecule has 0 heterocycles. The Morgan fingerprint density at radius 3 is 2.40 bits per heavy atom. The second kappa shape index (κ2) is 7.20. The molecule has 2 rings (SSSR count). The average Bonchev–Trinajstić information content (AvgIpc) is 2.42. The van der Waals surface area contributed by atoms with Gasteiger partial charge < -0.3 is 10.1 Å². The Morgan fingerprint density at radius 1 is 1.05 bits per heavy atom. The molecule has 2 nitrogen and oxygen atoms in total. The van der Waals surface area contributed by atoms with Crippen molar-refractivity contribution in [3.05, 3.63) is 62.3 Å². The highest BCUT2D eigenvalue weighted by Crippen LogP contribution is 2.25. The Bertz CT molecular complexity index is 604. The molecule has 0 amide bonds.